The molecule has 2 heteroatoms. The van der Waals surface area contributed by atoms with E-state index in [-0.39, 0.29) is 6.23 Å². The van der Waals surface area contributed by atoms with Crippen LogP contribution in [0.1, 0.15) is 20.3 Å². The maximum atomic E-state index is 6.56. The third-order valence-corrected chi connectivity index (χ3v) is 0.852. The fourth-order valence-corrected chi connectivity index (χ4v) is 0.439. The van der Waals surface area contributed by atoms with Crippen molar-refractivity contribution in [3.8, 4) is 0 Å². The van der Waals surface area contributed by atoms with Gasteiger partial charge in [-0.2, -0.15) is 0 Å². The highest BCUT2D eigenvalue weighted by molar-refractivity contribution is 4.64. The van der Waals surface area contributed by atoms with E-state index in [9.17, 15) is 0 Å². The number of hydrogen-bond acceptors (Lipinski definition) is 1. The summed E-state index contributed by atoms with van der Waals surface area (Å²) in [6.45, 7) is 11.0. The highest BCUT2D eigenvalue weighted by Crippen LogP contribution is 1.97. The van der Waals surface area contributed by atoms with E-state index in [0.717, 1.165) is 6.42 Å². The lowest BCUT2D eigenvalue weighted by Crippen LogP contribution is -2.04. The van der Waals surface area contributed by atoms with Gasteiger partial charge in [-0.15, -0.1) is 0 Å². The Hall–Kier alpha value is -0.550. The van der Waals surface area contributed by atoms with Crippen molar-refractivity contribution < 1.29 is 4.74 Å². The van der Waals surface area contributed by atoms with Crippen LogP contribution in [0.25, 0.3) is 4.85 Å². The Balaban J connectivity index is 3.26. The van der Waals surface area contributed by atoms with Crippen molar-refractivity contribution in [2.24, 2.45) is 0 Å². The molecule has 0 aromatic rings. The van der Waals surface area contributed by atoms with Gasteiger partial charge in [0.1, 0.15) is 0 Å². The lowest BCUT2D eigenvalue weighted by Gasteiger charge is -1.98. The van der Waals surface area contributed by atoms with Gasteiger partial charge in [-0.3, -0.25) is 4.85 Å². The highest BCUT2D eigenvalue weighted by atomic mass is 16.5. The van der Waals surface area contributed by atoms with Crippen LogP contribution in [0, 0.1) is 6.57 Å². The Morgan fingerprint density at radius 3 is 2.38 bits per heavy atom. The maximum absolute atomic E-state index is 6.56. The van der Waals surface area contributed by atoms with Crippen LogP contribution in [0.2, 0.25) is 0 Å². The number of ether oxygens (including phenoxy) is 1. The molecule has 0 rings (SSSR count). The smallest absolute Gasteiger partial charge is 0.311 e. The van der Waals surface area contributed by atoms with Crippen molar-refractivity contribution in [2.45, 2.75) is 26.5 Å². The molecule has 0 aliphatic heterocycles. The van der Waals surface area contributed by atoms with Gasteiger partial charge in [-0.1, -0.05) is 6.92 Å². The molecule has 0 saturated carbocycles. The van der Waals surface area contributed by atoms with E-state index in [2.05, 4.69) is 4.85 Å². The lowest BCUT2D eigenvalue weighted by atomic mass is 10.4. The summed E-state index contributed by atoms with van der Waals surface area (Å²) in [5.41, 5.74) is 0. The first-order chi connectivity index (χ1) is 3.85. The zero-order valence-electron chi connectivity index (χ0n) is 5.35. The summed E-state index contributed by atoms with van der Waals surface area (Å²) < 4.78 is 4.99. The van der Waals surface area contributed by atoms with Gasteiger partial charge in [0.15, 0.2) is 0 Å². The molecule has 0 amide bonds. The van der Waals surface area contributed by atoms with Gasteiger partial charge in [-0.25, -0.2) is 6.57 Å². The van der Waals surface area contributed by atoms with E-state index >= 15 is 0 Å². The molecule has 0 aromatic carbocycles. The summed E-state index contributed by atoms with van der Waals surface area (Å²) in [5, 5.41) is 0. The summed E-state index contributed by atoms with van der Waals surface area (Å²) in [6, 6.07) is 0. The van der Waals surface area contributed by atoms with Gasteiger partial charge in [0.05, 0.1) is 6.61 Å². The molecule has 0 aliphatic rings. The third kappa shape index (κ3) is 2.59. The van der Waals surface area contributed by atoms with Crippen LogP contribution in [0.5, 0.6) is 0 Å². The lowest BCUT2D eigenvalue weighted by molar-refractivity contribution is 0.0921. The zero-order valence-corrected chi connectivity index (χ0v) is 5.35. The van der Waals surface area contributed by atoms with E-state index in [0.29, 0.717) is 6.61 Å². The van der Waals surface area contributed by atoms with Crippen LogP contribution < -0.4 is 0 Å². The molecule has 8 heavy (non-hydrogen) atoms. The van der Waals surface area contributed by atoms with Crippen LogP contribution in [0.3, 0.4) is 0 Å². The van der Waals surface area contributed by atoms with Crippen LogP contribution in [0.15, 0.2) is 0 Å². The second-order valence-corrected chi connectivity index (χ2v) is 1.45. The molecule has 0 heterocycles. The van der Waals surface area contributed by atoms with Crippen molar-refractivity contribution >= 4 is 0 Å². The Labute approximate surface area is 50.3 Å². The average molecular weight is 113 g/mol. The van der Waals surface area contributed by atoms with Crippen LogP contribution in [-0.2, 0) is 4.74 Å². The van der Waals surface area contributed by atoms with Gasteiger partial charge in [0, 0.05) is 6.42 Å². The van der Waals surface area contributed by atoms with Crippen LogP contribution in [-0.4, -0.2) is 12.8 Å². The summed E-state index contributed by atoms with van der Waals surface area (Å²) in [6.07, 6.45) is 0.581. The number of hydrogen-bond donors (Lipinski definition) is 0. The number of rotatable bonds is 3. The van der Waals surface area contributed by atoms with Gasteiger partial charge >= 0.3 is 6.23 Å². The fraction of sp³-hybridized carbons (Fsp3) is 0.833. The van der Waals surface area contributed by atoms with E-state index in [1.165, 1.54) is 0 Å². The fourth-order valence-electron chi connectivity index (χ4n) is 0.439. The second kappa shape index (κ2) is 4.61. The Kier molecular flexibility index (Phi) is 4.29. The minimum absolute atomic E-state index is 0.208. The average Bonchev–Trinajstić information content (AvgIpc) is 1.83. The van der Waals surface area contributed by atoms with E-state index in [4.69, 9.17) is 11.3 Å². The zero-order chi connectivity index (χ0) is 6.41. The maximum Gasteiger partial charge on any atom is 0.327 e. The Bertz CT molecular complexity index is 85.0. The van der Waals surface area contributed by atoms with Gasteiger partial charge < -0.3 is 4.74 Å². The van der Waals surface area contributed by atoms with Crippen molar-refractivity contribution in [2.75, 3.05) is 6.61 Å². The minimum atomic E-state index is -0.208. The molecule has 0 spiro atoms. The summed E-state index contributed by atoms with van der Waals surface area (Å²) in [5.74, 6) is 0. The molecule has 0 fully saturated rings. The predicted molar refractivity (Wildman–Crippen MR) is 32.3 cm³/mol. The summed E-state index contributed by atoms with van der Waals surface area (Å²) in [4.78, 5) is 3.22. The quantitative estimate of drug-likeness (QED) is 0.508. The van der Waals surface area contributed by atoms with Crippen molar-refractivity contribution in [1.82, 2.24) is 0 Å². The molecular formula is C6H11NO. The standard InChI is InChI=1S/C6H11NO/c1-4-6(7-3)8-5-2/h6H,4-5H2,1-2H3. The minimum Gasteiger partial charge on any atom is -0.311 e. The molecule has 0 saturated heterocycles. The molecule has 0 aliphatic carbocycles. The molecule has 1 unspecified atom stereocenters. The summed E-state index contributed by atoms with van der Waals surface area (Å²) >= 11 is 0. The van der Waals surface area contributed by atoms with E-state index < -0.39 is 0 Å². The SMILES string of the molecule is [C-]#[N+]C(CC)OCC. The van der Waals surface area contributed by atoms with Gasteiger partial charge in [0.2, 0.25) is 0 Å². The van der Waals surface area contributed by atoms with Crippen molar-refractivity contribution in [1.29, 1.82) is 0 Å². The molecular weight excluding hydrogens is 102 g/mol. The van der Waals surface area contributed by atoms with Crippen molar-refractivity contribution in [3.05, 3.63) is 11.4 Å². The molecule has 0 radical (unpaired) electrons. The number of nitrogens with zero attached hydrogens (tertiary/aromatic N) is 1. The molecule has 1 atom stereocenters. The highest BCUT2D eigenvalue weighted by Gasteiger charge is 2.04. The van der Waals surface area contributed by atoms with Crippen molar-refractivity contribution in [3.63, 3.8) is 0 Å². The molecule has 46 valence electrons. The first-order valence-electron chi connectivity index (χ1n) is 2.83. The Morgan fingerprint density at radius 1 is 1.62 bits per heavy atom. The van der Waals surface area contributed by atoms with E-state index in [1.807, 2.05) is 13.8 Å². The van der Waals surface area contributed by atoms with Gasteiger partial charge in [0.25, 0.3) is 0 Å². The van der Waals surface area contributed by atoms with Crippen LogP contribution >= 0.6 is 0 Å². The van der Waals surface area contributed by atoms with E-state index in [1.54, 1.807) is 0 Å². The third-order valence-electron chi connectivity index (χ3n) is 0.852. The topological polar surface area (TPSA) is 13.6 Å². The molecule has 0 N–H and O–H groups in total. The molecule has 0 bridgehead atoms. The van der Waals surface area contributed by atoms with Gasteiger partial charge in [-0.05, 0) is 6.92 Å². The largest absolute Gasteiger partial charge is 0.327 e. The summed E-state index contributed by atoms with van der Waals surface area (Å²) in [7, 11) is 0. The monoisotopic (exact) mass is 113 g/mol. The Morgan fingerprint density at radius 2 is 2.25 bits per heavy atom. The first kappa shape index (κ1) is 7.45. The first-order valence-corrected chi connectivity index (χ1v) is 2.83. The normalized spacial score (nSPS) is 12.6. The molecule has 2 nitrogen and oxygen atoms in total. The predicted octanol–water partition coefficient (Wildman–Crippen LogP) is 1.68. The van der Waals surface area contributed by atoms with Crippen LogP contribution in [0.4, 0.5) is 0 Å². The molecule has 0 aromatic heterocycles. The second-order valence-electron chi connectivity index (χ2n) is 1.45.